The van der Waals surface area contributed by atoms with Gasteiger partial charge in [0, 0.05) is 0 Å². The highest BCUT2D eigenvalue weighted by atomic mass is 19.1. The van der Waals surface area contributed by atoms with Crippen LogP contribution in [0.25, 0.3) is 0 Å². The van der Waals surface area contributed by atoms with Crippen LogP contribution in [0.5, 0.6) is 0 Å². The van der Waals surface area contributed by atoms with Crippen molar-refractivity contribution in [2.75, 3.05) is 6.61 Å². The van der Waals surface area contributed by atoms with E-state index in [2.05, 4.69) is 4.74 Å². The average molecular weight is 182 g/mol. The lowest BCUT2D eigenvalue weighted by atomic mass is 10.0. The van der Waals surface area contributed by atoms with Crippen molar-refractivity contribution < 1.29 is 29.6 Å². The standard InChI is InChI=1S/C6H11FO5/c7-3-5(10)4(9)2(1-8)12-6(3)11/h2-6,8-11H,1H2/t2-,3+,4-,5-,6-/m1/s1. The minimum absolute atomic E-state index is 0.581. The number of rotatable bonds is 1. The number of aliphatic hydroxyl groups excluding tert-OH is 4. The molecule has 1 saturated heterocycles. The summed E-state index contributed by atoms with van der Waals surface area (Å²) in [5.74, 6) is 0. The predicted octanol–water partition coefficient (Wildman–Crippen LogP) is -2.24. The molecule has 72 valence electrons. The van der Waals surface area contributed by atoms with Crippen LogP contribution in [0.3, 0.4) is 0 Å². The summed E-state index contributed by atoms with van der Waals surface area (Å²) in [5.41, 5.74) is 0. The van der Waals surface area contributed by atoms with E-state index >= 15 is 0 Å². The third-order valence-electron chi connectivity index (χ3n) is 1.82. The van der Waals surface area contributed by atoms with Crippen LogP contribution >= 0.6 is 0 Å². The normalized spacial score (nSPS) is 49.2. The van der Waals surface area contributed by atoms with Gasteiger partial charge in [-0.25, -0.2) is 4.39 Å². The largest absolute Gasteiger partial charge is 0.394 e. The maximum absolute atomic E-state index is 12.7. The highest BCUT2D eigenvalue weighted by Crippen LogP contribution is 2.21. The lowest BCUT2D eigenvalue weighted by Gasteiger charge is -2.36. The van der Waals surface area contributed by atoms with Crippen molar-refractivity contribution in [1.29, 1.82) is 0 Å². The minimum Gasteiger partial charge on any atom is -0.394 e. The molecule has 4 N–H and O–H groups in total. The number of halogens is 1. The first kappa shape index (κ1) is 9.82. The molecule has 0 saturated carbocycles. The molecule has 6 heteroatoms. The van der Waals surface area contributed by atoms with Crippen molar-refractivity contribution in [2.24, 2.45) is 0 Å². The van der Waals surface area contributed by atoms with Gasteiger partial charge in [-0.2, -0.15) is 0 Å². The lowest BCUT2D eigenvalue weighted by molar-refractivity contribution is -0.271. The Balaban J connectivity index is 2.63. The highest BCUT2D eigenvalue weighted by Gasteiger charge is 2.43. The van der Waals surface area contributed by atoms with Crippen LogP contribution in [0.2, 0.25) is 0 Å². The molecular weight excluding hydrogens is 171 g/mol. The van der Waals surface area contributed by atoms with Gasteiger partial charge in [-0.05, 0) is 0 Å². The Morgan fingerprint density at radius 3 is 2.25 bits per heavy atom. The summed E-state index contributed by atoms with van der Waals surface area (Å²) in [6.45, 7) is -0.581. The number of alkyl halides is 1. The average Bonchev–Trinajstić information content (AvgIpc) is 2.08. The molecule has 0 radical (unpaired) electrons. The fourth-order valence-corrected chi connectivity index (χ4v) is 1.06. The van der Waals surface area contributed by atoms with Crippen LogP contribution < -0.4 is 0 Å². The summed E-state index contributed by atoms with van der Waals surface area (Å²) in [6, 6.07) is 0. The van der Waals surface area contributed by atoms with Crippen LogP contribution in [-0.4, -0.2) is 57.8 Å². The molecule has 0 aliphatic carbocycles. The van der Waals surface area contributed by atoms with E-state index in [4.69, 9.17) is 20.4 Å². The monoisotopic (exact) mass is 182 g/mol. The summed E-state index contributed by atoms with van der Waals surface area (Å²) in [6.07, 6.45) is -8.19. The van der Waals surface area contributed by atoms with Crippen molar-refractivity contribution in [3.05, 3.63) is 0 Å². The molecule has 1 fully saturated rings. The molecule has 12 heavy (non-hydrogen) atoms. The minimum atomic E-state index is -2.04. The van der Waals surface area contributed by atoms with Gasteiger partial charge < -0.3 is 25.2 Å². The molecular formula is C6H11FO5. The van der Waals surface area contributed by atoms with Gasteiger partial charge in [-0.15, -0.1) is 0 Å². The number of ether oxygens (including phenoxy) is 1. The lowest BCUT2D eigenvalue weighted by Crippen LogP contribution is -2.56. The molecule has 0 aromatic heterocycles. The molecule has 0 amide bonds. The van der Waals surface area contributed by atoms with E-state index in [1.807, 2.05) is 0 Å². The molecule has 5 nitrogen and oxygen atoms in total. The Morgan fingerprint density at radius 2 is 1.75 bits per heavy atom. The Hall–Kier alpha value is -0.270. The predicted molar refractivity (Wildman–Crippen MR) is 34.9 cm³/mol. The fraction of sp³-hybridized carbons (Fsp3) is 1.00. The third kappa shape index (κ3) is 1.57. The highest BCUT2D eigenvalue weighted by molar-refractivity contribution is 4.88. The van der Waals surface area contributed by atoms with Gasteiger partial charge in [0.15, 0.2) is 12.5 Å². The van der Waals surface area contributed by atoms with Gasteiger partial charge >= 0.3 is 0 Å². The van der Waals surface area contributed by atoms with Gasteiger partial charge in [0.2, 0.25) is 0 Å². The van der Waals surface area contributed by atoms with E-state index in [-0.39, 0.29) is 0 Å². The van der Waals surface area contributed by atoms with Crippen molar-refractivity contribution in [3.63, 3.8) is 0 Å². The molecule has 0 aromatic carbocycles. The first-order valence-electron chi connectivity index (χ1n) is 3.52. The summed E-state index contributed by atoms with van der Waals surface area (Å²) in [7, 11) is 0. The number of hydrogen-bond acceptors (Lipinski definition) is 5. The first-order valence-corrected chi connectivity index (χ1v) is 3.52. The number of hydrogen-bond donors (Lipinski definition) is 4. The van der Waals surface area contributed by atoms with Crippen LogP contribution in [-0.2, 0) is 4.74 Å². The SMILES string of the molecule is OC[C@H]1O[C@@H](O)[C@@H](F)[C@@H](O)[C@@H]1O. The molecule has 0 unspecified atom stereocenters. The van der Waals surface area contributed by atoms with Gasteiger partial charge in [0.25, 0.3) is 0 Å². The molecule has 0 spiro atoms. The zero-order valence-corrected chi connectivity index (χ0v) is 6.17. The van der Waals surface area contributed by atoms with Crippen molar-refractivity contribution in [1.82, 2.24) is 0 Å². The Kier molecular flexibility index (Phi) is 2.97. The second-order valence-electron chi connectivity index (χ2n) is 2.67. The van der Waals surface area contributed by atoms with Crippen molar-refractivity contribution in [3.8, 4) is 0 Å². The smallest absolute Gasteiger partial charge is 0.189 e. The Morgan fingerprint density at radius 1 is 1.17 bits per heavy atom. The molecule has 0 bridgehead atoms. The second kappa shape index (κ2) is 3.63. The third-order valence-corrected chi connectivity index (χ3v) is 1.82. The van der Waals surface area contributed by atoms with Gasteiger partial charge in [0.1, 0.15) is 18.3 Å². The van der Waals surface area contributed by atoms with Gasteiger partial charge in [-0.1, -0.05) is 0 Å². The topological polar surface area (TPSA) is 90.2 Å². The second-order valence-corrected chi connectivity index (χ2v) is 2.67. The quantitative estimate of drug-likeness (QED) is 0.368. The zero-order chi connectivity index (χ0) is 9.30. The van der Waals surface area contributed by atoms with E-state index in [0.29, 0.717) is 0 Å². The summed E-state index contributed by atoms with van der Waals surface area (Å²) < 4.78 is 17.1. The van der Waals surface area contributed by atoms with Gasteiger partial charge in [-0.3, -0.25) is 0 Å². The Bertz CT molecular complexity index is 150. The van der Waals surface area contributed by atoms with Crippen LogP contribution in [0.4, 0.5) is 4.39 Å². The van der Waals surface area contributed by atoms with Crippen LogP contribution in [0, 0.1) is 0 Å². The van der Waals surface area contributed by atoms with E-state index in [1.54, 1.807) is 0 Å². The van der Waals surface area contributed by atoms with E-state index in [9.17, 15) is 4.39 Å². The van der Waals surface area contributed by atoms with Crippen LogP contribution in [0.15, 0.2) is 0 Å². The van der Waals surface area contributed by atoms with Gasteiger partial charge in [0.05, 0.1) is 6.61 Å². The first-order chi connectivity index (χ1) is 5.57. The van der Waals surface area contributed by atoms with E-state index in [1.165, 1.54) is 0 Å². The van der Waals surface area contributed by atoms with E-state index < -0.39 is 37.4 Å². The van der Waals surface area contributed by atoms with E-state index in [0.717, 1.165) is 0 Å². The zero-order valence-electron chi connectivity index (χ0n) is 6.17. The summed E-state index contributed by atoms with van der Waals surface area (Å²) in [5, 5.41) is 35.3. The maximum Gasteiger partial charge on any atom is 0.189 e. The molecule has 1 rings (SSSR count). The summed E-state index contributed by atoms with van der Waals surface area (Å²) in [4.78, 5) is 0. The molecule has 5 atom stereocenters. The molecule has 1 heterocycles. The fourth-order valence-electron chi connectivity index (χ4n) is 1.06. The van der Waals surface area contributed by atoms with Crippen molar-refractivity contribution >= 4 is 0 Å². The van der Waals surface area contributed by atoms with Crippen molar-refractivity contribution in [2.45, 2.75) is 30.8 Å². The molecule has 1 aliphatic heterocycles. The maximum atomic E-state index is 12.7. The van der Waals surface area contributed by atoms with Crippen LogP contribution in [0.1, 0.15) is 0 Å². The molecule has 0 aromatic rings. The summed E-state index contributed by atoms with van der Waals surface area (Å²) >= 11 is 0. The molecule has 1 aliphatic rings. The number of aliphatic hydroxyl groups is 4. The Labute approximate surface area is 68.0 Å².